The van der Waals surface area contributed by atoms with Crippen molar-refractivity contribution in [3.05, 3.63) is 0 Å². The predicted molar refractivity (Wildman–Crippen MR) is 39.1 cm³/mol. The van der Waals surface area contributed by atoms with Crippen molar-refractivity contribution >= 4 is 5.97 Å². The summed E-state index contributed by atoms with van der Waals surface area (Å²) in [5.41, 5.74) is 0. The molecule has 4 nitrogen and oxygen atoms in total. The Morgan fingerprint density at radius 2 is 2.27 bits per heavy atom. The molecule has 0 aliphatic carbocycles. The van der Waals surface area contributed by atoms with E-state index in [1.54, 1.807) is 0 Å². The van der Waals surface area contributed by atoms with Crippen LogP contribution in [0.25, 0.3) is 0 Å². The lowest BCUT2D eigenvalue weighted by atomic mass is 10.4. The maximum Gasteiger partial charge on any atom is 0.337 e. The number of hydrogen-bond donors (Lipinski definition) is 1. The van der Waals surface area contributed by atoms with E-state index < -0.39 is 12.1 Å². The first-order chi connectivity index (χ1) is 5.22. The van der Waals surface area contributed by atoms with E-state index in [9.17, 15) is 4.79 Å². The molecule has 0 spiro atoms. The SMILES string of the molecule is CCCOC(=O)C(O)COC. The van der Waals surface area contributed by atoms with Gasteiger partial charge in [-0.15, -0.1) is 0 Å². The van der Waals surface area contributed by atoms with E-state index in [2.05, 4.69) is 9.47 Å². The second-order valence-electron chi connectivity index (χ2n) is 2.14. The van der Waals surface area contributed by atoms with Crippen molar-refractivity contribution in [3.8, 4) is 0 Å². The van der Waals surface area contributed by atoms with E-state index in [4.69, 9.17) is 5.11 Å². The van der Waals surface area contributed by atoms with Gasteiger partial charge in [-0.1, -0.05) is 6.92 Å². The fourth-order valence-corrected chi connectivity index (χ4v) is 0.525. The van der Waals surface area contributed by atoms with E-state index in [0.29, 0.717) is 6.61 Å². The zero-order chi connectivity index (χ0) is 8.69. The number of aliphatic hydroxyl groups excluding tert-OH is 1. The minimum Gasteiger partial charge on any atom is -0.464 e. The van der Waals surface area contributed by atoms with E-state index >= 15 is 0 Å². The molecule has 0 heterocycles. The van der Waals surface area contributed by atoms with Gasteiger partial charge < -0.3 is 14.6 Å². The summed E-state index contributed by atoms with van der Waals surface area (Å²) in [6.07, 6.45) is -0.391. The van der Waals surface area contributed by atoms with Gasteiger partial charge >= 0.3 is 5.97 Å². The lowest BCUT2D eigenvalue weighted by Gasteiger charge is -2.07. The number of esters is 1. The fourth-order valence-electron chi connectivity index (χ4n) is 0.525. The van der Waals surface area contributed by atoms with Crippen LogP contribution in [0.4, 0.5) is 0 Å². The summed E-state index contributed by atoms with van der Waals surface area (Å²) in [5.74, 6) is -0.617. The lowest BCUT2D eigenvalue weighted by molar-refractivity contribution is -0.156. The number of carbonyl (C=O) groups excluding carboxylic acids is 1. The average Bonchev–Trinajstić information content (AvgIpc) is 2.00. The molecule has 0 saturated carbocycles. The van der Waals surface area contributed by atoms with Crippen molar-refractivity contribution in [2.45, 2.75) is 19.4 Å². The molecule has 0 amide bonds. The summed E-state index contributed by atoms with van der Waals surface area (Å²) in [5, 5.41) is 8.94. The molecule has 0 aromatic rings. The molecule has 0 radical (unpaired) electrons. The summed E-state index contributed by atoms with van der Waals surface area (Å²) < 4.78 is 9.19. The van der Waals surface area contributed by atoms with Gasteiger partial charge in [0.15, 0.2) is 6.10 Å². The molecule has 0 aliphatic rings. The standard InChI is InChI=1S/C7H14O4/c1-3-4-11-7(9)6(8)5-10-2/h6,8H,3-5H2,1-2H3. The summed E-state index contributed by atoms with van der Waals surface area (Å²) in [6.45, 7) is 2.22. The van der Waals surface area contributed by atoms with Gasteiger partial charge in [0.05, 0.1) is 13.2 Å². The van der Waals surface area contributed by atoms with Crippen molar-refractivity contribution in [2.24, 2.45) is 0 Å². The molecule has 0 rings (SSSR count). The molecule has 1 atom stereocenters. The highest BCUT2D eigenvalue weighted by Crippen LogP contribution is 1.90. The number of rotatable bonds is 5. The fraction of sp³-hybridized carbons (Fsp3) is 0.857. The Morgan fingerprint density at radius 1 is 1.64 bits per heavy atom. The monoisotopic (exact) mass is 162 g/mol. The molecule has 0 aliphatic heterocycles. The second-order valence-corrected chi connectivity index (χ2v) is 2.14. The molecule has 0 bridgehead atoms. The van der Waals surface area contributed by atoms with Crippen LogP contribution in [0.3, 0.4) is 0 Å². The second kappa shape index (κ2) is 6.12. The Morgan fingerprint density at radius 3 is 2.73 bits per heavy atom. The van der Waals surface area contributed by atoms with Crippen LogP contribution >= 0.6 is 0 Å². The highest BCUT2D eigenvalue weighted by atomic mass is 16.6. The molecule has 66 valence electrons. The Balaban J connectivity index is 3.47. The summed E-state index contributed by atoms with van der Waals surface area (Å²) in [6, 6.07) is 0. The highest BCUT2D eigenvalue weighted by Gasteiger charge is 2.14. The zero-order valence-electron chi connectivity index (χ0n) is 6.87. The zero-order valence-corrected chi connectivity index (χ0v) is 6.87. The topological polar surface area (TPSA) is 55.8 Å². The van der Waals surface area contributed by atoms with Crippen LogP contribution < -0.4 is 0 Å². The van der Waals surface area contributed by atoms with Gasteiger partial charge in [0, 0.05) is 7.11 Å². The Bertz CT molecular complexity index is 113. The molecule has 1 unspecified atom stereocenters. The highest BCUT2D eigenvalue weighted by molar-refractivity contribution is 5.74. The molecular formula is C7H14O4. The van der Waals surface area contributed by atoms with Gasteiger partial charge in [-0.05, 0) is 6.42 Å². The lowest BCUT2D eigenvalue weighted by Crippen LogP contribution is -2.27. The predicted octanol–water partition coefficient (Wildman–Crippen LogP) is -0.0531. The molecule has 11 heavy (non-hydrogen) atoms. The minimum absolute atomic E-state index is 0.0114. The molecule has 0 aromatic carbocycles. The molecule has 4 heteroatoms. The number of ether oxygens (including phenoxy) is 2. The van der Waals surface area contributed by atoms with Gasteiger partial charge in [-0.2, -0.15) is 0 Å². The third-order valence-electron chi connectivity index (χ3n) is 1.05. The smallest absolute Gasteiger partial charge is 0.337 e. The van der Waals surface area contributed by atoms with Crippen LogP contribution in [0.2, 0.25) is 0 Å². The van der Waals surface area contributed by atoms with E-state index in [1.165, 1.54) is 7.11 Å². The van der Waals surface area contributed by atoms with Gasteiger partial charge in [-0.3, -0.25) is 0 Å². The first-order valence-electron chi connectivity index (χ1n) is 3.56. The molecule has 1 N–H and O–H groups in total. The molecular weight excluding hydrogens is 148 g/mol. The number of hydrogen-bond acceptors (Lipinski definition) is 4. The van der Waals surface area contributed by atoms with E-state index in [0.717, 1.165) is 6.42 Å². The minimum atomic E-state index is -1.15. The number of aliphatic hydroxyl groups is 1. The van der Waals surface area contributed by atoms with Gasteiger partial charge in [0.2, 0.25) is 0 Å². The van der Waals surface area contributed by atoms with Crippen molar-refractivity contribution in [1.29, 1.82) is 0 Å². The van der Waals surface area contributed by atoms with Gasteiger partial charge in [0.25, 0.3) is 0 Å². The van der Waals surface area contributed by atoms with Crippen molar-refractivity contribution < 1.29 is 19.4 Å². The largest absolute Gasteiger partial charge is 0.464 e. The number of methoxy groups -OCH3 is 1. The van der Waals surface area contributed by atoms with Crippen LogP contribution in [0, 0.1) is 0 Å². The Labute approximate surface area is 66.1 Å². The van der Waals surface area contributed by atoms with Crippen LogP contribution in [0.1, 0.15) is 13.3 Å². The van der Waals surface area contributed by atoms with Gasteiger partial charge in [0.1, 0.15) is 0 Å². The maximum atomic E-state index is 10.7. The average molecular weight is 162 g/mol. The Hall–Kier alpha value is -0.610. The van der Waals surface area contributed by atoms with Crippen LogP contribution in [-0.4, -0.2) is 37.5 Å². The quantitative estimate of drug-likeness (QED) is 0.576. The van der Waals surface area contributed by atoms with Crippen LogP contribution in [-0.2, 0) is 14.3 Å². The number of carbonyl (C=O) groups is 1. The summed E-state index contributed by atoms with van der Waals surface area (Å²) >= 11 is 0. The first-order valence-corrected chi connectivity index (χ1v) is 3.56. The van der Waals surface area contributed by atoms with E-state index in [-0.39, 0.29) is 6.61 Å². The van der Waals surface area contributed by atoms with Crippen molar-refractivity contribution in [2.75, 3.05) is 20.3 Å². The Kier molecular flexibility index (Phi) is 5.78. The third-order valence-corrected chi connectivity index (χ3v) is 1.05. The van der Waals surface area contributed by atoms with Gasteiger partial charge in [-0.25, -0.2) is 4.79 Å². The molecule has 0 saturated heterocycles. The summed E-state index contributed by atoms with van der Waals surface area (Å²) in [4.78, 5) is 10.7. The van der Waals surface area contributed by atoms with E-state index in [1.807, 2.05) is 6.92 Å². The third kappa shape index (κ3) is 4.75. The molecule has 0 aromatic heterocycles. The van der Waals surface area contributed by atoms with Crippen LogP contribution in [0.15, 0.2) is 0 Å². The van der Waals surface area contributed by atoms with Crippen LogP contribution in [0.5, 0.6) is 0 Å². The maximum absolute atomic E-state index is 10.7. The molecule has 0 fully saturated rings. The first kappa shape index (κ1) is 10.4. The normalized spacial score (nSPS) is 12.6. The van der Waals surface area contributed by atoms with Crippen molar-refractivity contribution in [3.63, 3.8) is 0 Å². The van der Waals surface area contributed by atoms with Crippen molar-refractivity contribution in [1.82, 2.24) is 0 Å². The summed E-state index contributed by atoms with van der Waals surface area (Å²) in [7, 11) is 1.41.